The Labute approximate surface area is 89.0 Å². The molecule has 78 valence electrons. The van der Waals surface area contributed by atoms with Gasteiger partial charge in [-0.2, -0.15) is 0 Å². The molecule has 0 radical (unpaired) electrons. The molecule has 3 aliphatic rings. The summed E-state index contributed by atoms with van der Waals surface area (Å²) < 4.78 is 0. The minimum Gasteiger partial charge on any atom is -0.381 e. The molecule has 1 atom stereocenters. The third-order valence-corrected chi connectivity index (χ3v) is 3.94. The summed E-state index contributed by atoms with van der Waals surface area (Å²) in [4.78, 5) is 12.1. The maximum atomic E-state index is 12.1. The summed E-state index contributed by atoms with van der Waals surface area (Å²) in [6, 6.07) is 0. The number of Topliss-reactive ketones (excluding diaryl/α,β-unsaturated/α-hetero) is 1. The van der Waals surface area contributed by atoms with Crippen LogP contribution in [0.4, 0.5) is 0 Å². The molecule has 2 nitrogen and oxygen atoms in total. The molecule has 0 bridgehead atoms. The molecule has 1 fully saturated rings. The van der Waals surface area contributed by atoms with E-state index in [4.69, 9.17) is 0 Å². The van der Waals surface area contributed by atoms with Gasteiger partial charge < -0.3 is 5.11 Å². The van der Waals surface area contributed by atoms with Gasteiger partial charge in [-0.3, -0.25) is 4.79 Å². The van der Waals surface area contributed by atoms with E-state index in [-0.39, 0.29) is 11.2 Å². The van der Waals surface area contributed by atoms with Crippen LogP contribution in [0.1, 0.15) is 26.7 Å². The molecule has 0 amide bonds. The van der Waals surface area contributed by atoms with Gasteiger partial charge in [-0.15, -0.1) is 0 Å². The van der Waals surface area contributed by atoms with E-state index in [0.29, 0.717) is 5.57 Å². The smallest absolute Gasteiger partial charge is 0.195 e. The van der Waals surface area contributed by atoms with Crippen LogP contribution < -0.4 is 0 Å². The Morgan fingerprint density at radius 3 is 2.60 bits per heavy atom. The van der Waals surface area contributed by atoms with Gasteiger partial charge in [0, 0.05) is 11.0 Å². The van der Waals surface area contributed by atoms with Crippen molar-refractivity contribution in [2.45, 2.75) is 32.3 Å². The number of aliphatic hydroxyl groups is 1. The van der Waals surface area contributed by atoms with Crippen LogP contribution in [0.25, 0.3) is 0 Å². The van der Waals surface area contributed by atoms with Gasteiger partial charge >= 0.3 is 0 Å². The van der Waals surface area contributed by atoms with Crippen molar-refractivity contribution in [2.24, 2.45) is 5.41 Å². The fraction of sp³-hybridized carbons (Fsp3) is 0.462. The number of fused-ring (bicyclic) bond motifs is 1. The first-order valence-electron chi connectivity index (χ1n) is 5.37. The Morgan fingerprint density at radius 1 is 1.33 bits per heavy atom. The van der Waals surface area contributed by atoms with E-state index in [2.05, 4.69) is 6.08 Å². The van der Waals surface area contributed by atoms with Crippen molar-refractivity contribution < 1.29 is 9.90 Å². The number of hydrogen-bond acceptors (Lipinski definition) is 2. The quantitative estimate of drug-likeness (QED) is 0.651. The molecular weight excluding hydrogens is 188 g/mol. The van der Waals surface area contributed by atoms with Crippen LogP contribution in [0.15, 0.2) is 34.9 Å². The molecule has 1 saturated carbocycles. The van der Waals surface area contributed by atoms with Gasteiger partial charge in [0.2, 0.25) is 0 Å². The van der Waals surface area contributed by atoms with Crippen LogP contribution in [-0.4, -0.2) is 16.5 Å². The fourth-order valence-electron chi connectivity index (χ4n) is 2.68. The summed E-state index contributed by atoms with van der Waals surface area (Å²) in [6.07, 6.45) is 7.85. The molecule has 0 aliphatic heterocycles. The lowest BCUT2D eigenvalue weighted by atomic mass is 9.73. The number of hydrogen-bond donors (Lipinski definition) is 1. The van der Waals surface area contributed by atoms with Crippen LogP contribution in [0, 0.1) is 5.41 Å². The van der Waals surface area contributed by atoms with Crippen LogP contribution in [0.5, 0.6) is 0 Å². The fourth-order valence-corrected chi connectivity index (χ4v) is 2.68. The zero-order chi connectivity index (χ0) is 10.8. The van der Waals surface area contributed by atoms with Crippen molar-refractivity contribution in [3.63, 3.8) is 0 Å². The zero-order valence-corrected chi connectivity index (χ0v) is 9.00. The highest BCUT2D eigenvalue weighted by Gasteiger charge is 2.61. The molecule has 0 aromatic rings. The molecule has 15 heavy (non-hydrogen) atoms. The summed E-state index contributed by atoms with van der Waals surface area (Å²) in [5, 5.41) is 10.3. The van der Waals surface area contributed by atoms with E-state index in [0.717, 1.165) is 24.0 Å². The molecular formula is C13H14O2. The van der Waals surface area contributed by atoms with Crippen LogP contribution in [-0.2, 0) is 4.79 Å². The predicted molar refractivity (Wildman–Crippen MR) is 57.2 cm³/mol. The Morgan fingerprint density at radius 2 is 2.00 bits per heavy atom. The first-order chi connectivity index (χ1) is 6.96. The molecule has 3 aliphatic carbocycles. The zero-order valence-electron chi connectivity index (χ0n) is 9.00. The minimum absolute atomic E-state index is 0.106. The van der Waals surface area contributed by atoms with Crippen LogP contribution in [0.3, 0.4) is 0 Å². The van der Waals surface area contributed by atoms with E-state index >= 15 is 0 Å². The molecule has 1 N–H and O–H groups in total. The third kappa shape index (κ3) is 0.953. The number of carbonyl (C=O) groups excluding carboxylic acids is 1. The largest absolute Gasteiger partial charge is 0.381 e. The lowest BCUT2D eigenvalue weighted by Gasteiger charge is -2.34. The molecule has 0 saturated heterocycles. The summed E-state index contributed by atoms with van der Waals surface area (Å²) in [7, 11) is 0. The highest BCUT2D eigenvalue weighted by Crippen LogP contribution is 2.60. The predicted octanol–water partition coefficient (Wildman–Crippen LogP) is 1.91. The van der Waals surface area contributed by atoms with Gasteiger partial charge in [-0.05, 0) is 43.9 Å². The average molecular weight is 202 g/mol. The highest BCUT2D eigenvalue weighted by molar-refractivity contribution is 6.09. The number of rotatable bonds is 0. The SMILES string of the molecule is CC1=CC2=CC3(CC3)C(C)(O)C(=O)C2=C1. The maximum absolute atomic E-state index is 12.1. The maximum Gasteiger partial charge on any atom is 0.195 e. The van der Waals surface area contributed by atoms with Gasteiger partial charge in [0.25, 0.3) is 0 Å². The Balaban J connectivity index is 2.20. The second kappa shape index (κ2) is 2.33. The number of allylic oxidation sites excluding steroid dienone is 4. The van der Waals surface area contributed by atoms with Gasteiger partial charge in [0.05, 0.1) is 0 Å². The van der Waals surface area contributed by atoms with E-state index in [1.807, 2.05) is 19.1 Å². The summed E-state index contributed by atoms with van der Waals surface area (Å²) in [5.41, 5.74) is 1.34. The summed E-state index contributed by atoms with van der Waals surface area (Å²) in [5.74, 6) is -0.106. The molecule has 0 aromatic carbocycles. The highest BCUT2D eigenvalue weighted by atomic mass is 16.3. The monoisotopic (exact) mass is 202 g/mol. The Bertz CT molecular complexity index is 457. The number of ketones is 1. The van der Waals surface area contributed by atoms with E-state index in [1.54, 1.807) is 6.92 Å². The van der Waals surface area contributed by atoms with Gasteiger partial charge in [0.15, 0.2) is 5.78 Å². The van der Waals surface area contributed by atoms with Gasteiger partial charge in [-0.1, -0.05) is 12.2 Å². The second-order valence-electron chi connectivity index (χ2n) is 5.10. The van der Waals surface area contributed by atoms with Crippen molar-refractivity contribution in [1.82, 2.24) is 0 Å². The topological polar surface area (TPSA) is 37.3 Å². The standard InChI is InChI=1S/C13H14O2/c1-8-5-9-7-13(3-4-13)12(2,15)11(14)10(9)6-8/h5-7,15H,3-4H2,1-2H3. The van der Waals surface area contributed by atoms with Crippen LogP contribution >= 0.6 is 0 Å². The van der Waals surface area contributed by atoms with E-state index in [9.17, 15) is 9.90 Å². The van der Waals surface area contributed by atoms with Crippen LogP contribution in [0.2, 0.25) is 0 Å². The van der Waals surface area contributed by atoms with Crippen molar-refractivity contribution in [3.05, 3.63) is 34.9 Å². The normalized spacial score (nSPS) is 35.9. The van der Waals surface area contributed by atoms with Gasteiger partial charge in [-0.25, -0.2) is 0 Å². The molecule has 1 unspecified atom stereocenters. The minimum atomic E-state index is -1.19. The number of carbonyl (C=O) groups is 1. The average Bonchev–Trinajstić information content (AvgIpc) is 2.83. The molecule has 2 heteroatoms. The Kier molecular flexibility index (Phi) is 1.41. The van der Waals surface area contributed by atoms with Crippen molar-refractivity contribution in [2.75, 3.05) is 0 Å². The first-order valence-corrected chi connectivity index (χ1v) is 5.37. The van der Waals surface area contributed by atoms with E-state index < -0.39 is 5.60 Å². The Hall–Kier alpha value is -1.15. The molecule has 0 aromatic heterocycles. The van der Waals surface area contributed by atoms with E-state index in [1.165, 1.54) is 0 Å². The lowest BCUT2D eigenvalue weighted by molar-refractivity contribution is -0.137. The summed E-state index contributed by atoms with van der Waals surface area (Å²) in [6.45, 7) is 3.64. The van der Waals surface area contributed by atoms with Crippen molar-refractivity contribution in [1.29, 1.82) is 0 Å². The van der Waals surface area contributed by atoms with Crippen molar-refractivity contribution >= 4 is 5.78 Å². The van der Waals surface area contributed by atoms with Gasteiger partial charge in [0.1, 0.15) is 5.60 Å². The first kappa shape index (κ1) is 9.10. The molecule has 1 spiro atoms. The van der Waals surface area contributed by atoms with Crippen molar-refractivity contribution in [3.8, 4) is 0 Å². The lowest BCUT2D eigenvalue weighted by Crippen LogP contribution is -2.47. The third-order valence-electron chi connectivity index (χ3n) is 3.94. The molecule has 0 heterocycles. The molecule has 3 rings (SSSR count). The second-order valence-corrected chi connectivity index (χ2v) is 5.10. The summed E-state index contributed by atoms with van der Waals surface area (Å²) >= 11 is 0.